The third-order valence-electron chi connectivity index (χ3n) is 3.06. The number of aromatic nitrogens is 1. The summed E-state index contributed by atoms with van der Waals surface area (Å²) in [5, 5.41) is 5.64. The molecule has 0 amide bonds. The standard InChI is InChI=1S/C15H15N3S/c1-10-6-8-12(9-7-10)14-17-18-15(19-14)13-5-3-4-11(2)16-13/h3-9,15,18H,1-2H3/p+1. The molecule has 3 nitrogen and oxygen atoms in total. The van der Waals surface area contributed by atoms with Crippen molar-refractivity contribution in [3.05, 3.63) is 65.0 Å². The summed E-state index contributed by atoms with van der Waals surface area (Å²) in [4.78, 5) is 3.37. The largest absolute Gasteiger partial charge is 0.285 e. The number of H-pyrrole nitrogens is 1. The molecule has 0 aliphatic carbocycles. The lowest BCUT2D eigenvalue weighted by Gasteiger charge is -2.04. The van der Waals surface area contributed by atoms with E-state index in [9.17, 15) is 0 Å². The van der Waals surface area contributed by atoms with Gasteiger partial charge in [0.05, 0.1) is 0 Å². The van der Waals surface area contributed by atoms with Gasteiger partial charge in [0.1, 0.15) is 5.04 Å². The third-order valence-corrected chi connectivity index (χ3v) is 4.20. The van der Waals surface area contributed by atoms with E-state index in [1.165, 1.54) is 11.1 Å². The van der Waals surface area contributed by atoms with E-state index < -0.39 is 0 Å². The molecule has 0 saturated carbocycles. The Morgan fingerprint density at radius 1 is 1.11 bits per heavy atom. The molecule has 2 aromatic rings. The Morgan fingerprint density at radius 2 is 1.89 bits per heavy atom. The molecule has 0 fully saturated rings. The first-order valence-electron chi connectivity index (χ1n) is 6.28. The van der Waals surface area contributed by atoms with Crippen molar-refractivity contribution < 1.29 is 4.98 Å². The van der Waals surface area contributed by atoms with E-state index in [2.05, 4.69) is 71.8 Å². The van der Waals surface area contributed by atoms with Gasteiger partial charge in [-0.2, -0.15) is 5.10 Å². The molecule has 1 aliphatic rings. The molecule has 0 spiro atoms. The van der Waals surface area contributed by atoms with Gasteiger partial charge in [0.2, 0.25) is 5.69 Å². The molecule has 4 heteroatoms. The average molecular weight is 270 g/mol. The summed E-state index contributed by atoms with van der Waals surface area (Å²) in [5.41, 5.74) is 7.92. The first-order chi connectivity index (χ1) is 9.22. The molecule has 1 aliphatic heterocycles. The molecular weight excluding hydrogens is 254 g/mol. The highest BCUT2D eigenvalue weighted by Gasteiger charge is 2.26. The highest BCUT2D eigenvalue weighted by Crippen LogP contribution is 2.32. The van der Waals surface area contributed by atoms with Gasteiger partial charge < -0.3 is 0 Å². The van der Waals surface area contributed by atoms with Gasteiger partial charge >= 0.3 is 0 Å². The maximum absolute atomic E-state index is 4.43. The Morgan fingerprint density at radius 3 is 2.63 bits per heavy atom. The molecule has 19 heavy (non-hydrogen) atoms. The number of nitrogens with one attached hydrogen (secondary N) is 2. The zero-order valence-electron chi connectivity index (χ0n) is 11.0. The fourth-order valence-electron chi connectivity index (χ4n) is 2.00. The molecule has 2 N–H and O–H groups in total. The number of nitrogens with zero attached hydrogens (tertiary/aromatic N) is 1. The van der Waals surface area contributed by atoms with Crippen LogP contribution in [0.15, 0.2) is 47.6 Å². The van der Waals surface area contributed by atoms with Crippen molar-refractivity contribution in [3.8, 4) is 0 Å². The third kappa shape index (κ3) is 2.63. The number of hydrogen-bond acceptors (Lipinski definition) is 3. The minimum atomic E-state index is 0.163. The summed E-state index contributed by atoms with van der Waals surface area (Å²) < 4.78 is 0. The van der Waals surface area contributed by atoms with E-state index in [0.29, 0.717) is 0 Å². The van der Waals surface area contributed by atoms with Gasteiger partial charge in [-0.25, -0.2) is 4.98 Å². The summed E-state index contributed by atoms with van der Waals surface area (Å²) >= 11 is 1.74. The number of pyridine rings is 1. The van der Waals surface area contributed by atoms with E-state index in [1.54, 1.807) is 11.8 Å². The predicted octanol–water partition coefficient (Wildman–Crippen LogP) is 2.81. The van der Waals surface area contributed by atoms with Crippen LogP contribution in [-0.2, 0) is 0 Å². The Hall–Kier alpha value is -1.81. The van der Waals surface area contributed by atoms with Crippen LogP contribution in [0.1, 0.15) is 27.9 Å². The minimum Gasteiger partial charge on any atom is -0.285 e. The van der Waals surface area contributed by atoms with Crippen LogP contribution in [0.2, 0.25) is 0 Å². The maximum atomic E-state index is 4.43. The van der Waals surface area contributed by atoms with Crippen molar-refractivity contribution in [3.63, 3.8) is 0 Å². The topological polar surface area (TPSA) is 38.5 Å². The molecule has 1 unspecified atom stereocenters. The maximum Gasteiger partial charge on any atom is 0.214 e. The van der Waals surface area contributed by atoms with E-state index in [1.807, 2.05) is 0 Å². The van der Waals surface area contributed by atoms with Gasteiger partial charge in [-0.3, -0.25) is 5.43 Å². The molecule has 3 rings (SSSR count). The summed E-state index contributed by atoms with van der Waals surface area (Å²) in [6.45, 7) is 4.15. The first-order valence-corrected chi connectivity index (χ1v) is 7.16. The van der Waals surface area contributed by atoms with Crippen LogP contribution in [0.4, 0.5) is 0 Å². The Balaban J connectivity index is 1.78. The zero-order valence-corrected chi connectivity index (χ0v) is 11.8. The van der Waals surface area contributed by atoms with Crippen LogP contribution in [0.25, 0.3) is 0 Å². The van der Waals surface area contributed by atoms with Crippen molar-refractivity contribution >= 4 is 16.8 Å². The van der Waals surface area contributed by atoms with Crippen molar-refractivity contribution in [1.82, 2.24) is 5.43 Å². The van der Waals surface area contributed by atoms with Gasteiger partial charge in [0.25, 0.3) is 0 Å². The van der Waals surface area contributed by atoms with E-state index in [0.717, 1.165) is 16.4 Å². The number of hydrogen-bond donors (Lipinski definition) is 1. The quantitative estimate of drug-likeness (QED) is 0.911. The highest BCUT2D eigenvalue weighted by atomic mass is 32.2. The second-order valence-corrected chi connectivity index (χ2v) is 5.79. The highest BCUT2D eigenvalue weighted by molar-refractivity contribution is 8.14. The van der Waals surface area contributed by atoms with Gasteiger partial charge in [0, 0.05) is 24.6 Å². The predicted molar refractivity (Wildman–Crippen MR) is 78.9 cm³/mol. The van der Waals surface area contributed by atoms with Crippen LogP contribution in [0, 0.1) is 13.8 Å². The number of rotatable bonds is 2. The SMILES string of the molecule is Cc1ccc(C2=NNC(c3cccc(C)[nH+]3)S2)cc1. The van der Waals surface area contributed by atoms with Crippen LogP contribution in [-0.4, -0.2) is 5.04 Å². The second-order valence-electron chi connectivity index (χ2n) is 4.70. The molecule has 1 atom stereocenters. The number of benzene rings is 1. The molecule has 0 saturated heterocycles. The first kappa shape index (κ1) is 12.2. The van der Waals surface area contributed by atoms with Crippen molar-refractivity contribution in [2.24, 2.45) is 5.10 Å². The Labute approximate surface area is 117 Å². The monoisotopic (exact) mass is 270 g/mol. The summed E-state index contributed by atoms with van der Waals surface area (Å²) in [7, 11) is 0. The molecule has 96 valence electrons. The fourth-order valence-corrected chi connectivity index (χ4v) is 2.97. The summed E-state index contributed by atoms with van der Waals surface area (Å²) in [5.74, 6) is 0. The van der Waals surface area contributed by atoms with Crippen LogP contribution in [0.5, 0.6) is 0 Å². The lowest BCUT2D eigenvalue weighted by Crippen LogP contribution is -2.21. The molecule has 0 bridgehead atoms. The van der Waals surface area contributed by atoms with Crippen molar-refractivity contribution in [2.75, 3.05) is 0 Å². The van der Waals surface area contributed by atoms with Crippen molar-refractivity contribution in [1.29, 1.82) is 0 Å². The van der Waals surface area contributed by atoms with Crippen LogP contribution in [0.3, 0.4) is 0 Å². The molecule has 1 aromatic heterocycles. The van der Waals surface area contributed by atoms with E-state index in [4.69, 9.17) is 0 Å². The average Bonchev–Trinajstić information content (AvgIpc) is 2.89. The molecule has 1 aromatic carbocycles. The Bertz CT molecular complexity index is 620. The minimum absolute atomic E-state index is 0.163. The van der Waals surface area contributed by atoms with Crippen LogP contribution < -0.4 is 10.4 Å². The lowest BCUT2D eigenvalue weighted by molar-refractivity contribution is -0.400. The van der Waals surface area contributed by atoms with Gasteiger partial charge in [0.15, 0.2) is 11.1 Å². The fraction of sp³-hybridized carbons (Fsp3) is 0.200. The van der Waals surface area contributed by atoms with Gasteiger partial charge in [-0.15, -0.1) is 0 Å². The lowest BCUT2D eigenvalue weighted by atomic mass is 10.2. The van der Waals surface area contributed by atoms with Crippen LogP contribution >= 0.6 is 11.8 Å². The summed E-state index contributed by atoms with van der Waals surface area (Å²) in [6.07, 6.45) is 0. The van der Waals surface area contributed by atoms with E-state index >= 15 is 0 Å². The van der Waals surface area contributed by atoms with Gasteiger partial charge in [-0.05, 0) is 13.0 Å². The molecule has 0 radical (unpaired) electrons. The number of thioether (sulfide) groups is 1. The molecular formula is C15H16N3S+. The number of hydrazone groups is 1. The normalized spacial score (nSPS) is 18.0. The van der Waals surface area contributed by atoms with Crippen molar-refractivity contribution in [2.45, 2.75) is 19.2 Å². The number of aryl methyl sites for hydroxylation is 2. The number of aromatic amines is 1. The molecule has 2 heterocycles. The Kier molecular flexibility index (Phi) is 3.25. The smallest absolute Gasteiger partial charge is 0.214 e. The van der Waals surface area contributed by atoms with Gasteiger partial charge in [-0.1, -0.05) is 41.6 Å². The second kappa shape index (κ2) is 5.05. The van der Waals surface area contributed by atoms with E-state index in [-0.39, 0.29) is 5.37 Å². The summed E-state index contributed by atoms with van der Waals surface area (Å²) in [6, 6.07) is 14.7. The zero-order chi connectivity index (χ0) is 13.2.